The normalized spacial score (nSPS) is 19.8. The Morgan fingerprint density at radius 2 is 1.97 bits per heavy atom. The third kappa shape index (κ3) is 3.22. The van der Waals surface area contributed by atoms with E-state index in [-0.39, 0.29) is 16.0 Å². The molecule has 0 aromatic heterocycles. The van der Waals surface area contributed by atoms with Crippen molar-refractivity contribution in [3.05, 3.63) is 104 Å². The van der Waals surface area contributed by atoms with Gasteiger partial charge in [0.15, 0.2) is 0 Å². The maximum Gasteiger partial charge on any atom is 0.269 e. The Morgan fingerprint density at radius 1 is 1.20 bits per heavy atom. The summed E-state index contributed by atoms with van der Waals surface area (Å²) < 4.78 is 0. The van der Waals surface area contributed by atoms with Gasteiger partial charge in [0.2, 0.25) is 0 Å². The van der Waals surface area contributed by atoms with Crippen LogP contribution in [0.2, 0.25) is 0 Å². The summed E-state index contributed by atoms with van der Waals surface area (Å²) in [5, 5.41) is 19.9. The Hall–Kier alpha value is -3.27. The van der Waals surface area contributed by atoms with E-state index in [9.17, 15) is 10.1 Å². The summed E-state index contributed by atoms with van der Waals surface area (Å²) in [7, 11) is 0. The van der Waals surface area contributed by atoms with Crippen LogP contribution >= 0.6 is 0 Å². The van der Waals surface area contributed by atoms with Crippen molar-refractivity contribution in [1.82, 2.24) is 0 Å². The largest absolute Gasteiger partial charge is 0.304 e. The highest BCUT2D eigenvalue weighted by Gasteiger charge is 2.40. The van der Waals surface area contributed by atoms with Gasteiger partial charge < -0.3 is 5.41 Å². The summed E-state index contributed by atoms with van der Waals surface area (Å²) >= 11 is 0. The van der Waals surface area contributed by atoms with Gasteiger partial charge in [-0.25, -0.2) is 0 Å². The van der Waals surface area contributed by atoms with E-state index in [1.54, 1.807) is 12.1 Å². The van der Waals surface area contributed by atoms with E-state index < -0.39 is 0 Å². The standard InChI is InChI=1S/C26H26N2O2/c1-4-26(3)23-14-10-18(15-25(27)20-8-6-5-7-17(20)2)9-12-21(23)22-13-11-19(28(29)30)16-24(22)26/h5-13,16,27H,4,14-15H2,1-3H3. The molecule has 30 heavy (non-hydrogen) atoms. The third-order valence-corrected chi connectivity index (χ3v) is 6.68. The van der Waals surface area contributed by atoms with Crippen LogP contribution in [0.4, 0.5) is 5.69 Å². The fourth-order valence-electron chi connectivity index (χ4n) is 4.72. The minimum absolute atomic E-state index is 0.151. The maximum atomic E-state index is 11.3. The fraction of sp³-hybridized carbons (Fsp3) is 0.269. The number of rotatable bonds is 5. The lowest BCUT2D eigenvalue weighted by atomic mass is 9.75. The van der Waals surface area contributed by atoms with E-state index in [4.69, 9.17) is 5.41 Å². The van der Waals surface area contributed by atoms with Crippen LogP contribution in [0.1, 0.15) is 55.4 Å². The van der Waals surface area contributed by atoms with Crippen molar-refractivity contribution in [2.75, 3.05) is 0 Å². The van der Waals surface area contributed by atoms with Crippen molar-refractivity contribution in [3.63, 3.8) is 0 Å². The molecule has 1 N–H and O–H groups in total. The first-order valence-electron chi connectivity index (χ1n) is 10.4. The van der Waals surface area contributed by atoms with E-state index in [2.05, 4.69) is 32.1 Å². The average molecular weight is 399 g/mol. The van der Waals surface area contributed by atoms with Crippen LogP contribution < -0.4 is 0 Å². The van der Waals surface area contributed by atoms with Crippen molar-refractivity contribution in [2.45, 2.75) is 45.4 Å². The molecule has 0 fully saturated rings. The summed E-state index contributed by atoms with van der Waals surface area (Å²) in [6.45, 7) is 6.38. The predicted octanol–water partition coefficient (Wildman–Crippen LogP) is 6.68. The smallest absolute Gasteiger partial charge is 0.269 e. The summed E-state index contributed by atoms with van der Waals surface area (Å²) in [6.07, 6.45) is 8.76. The molecule has 152 valence electrons. The van der Waals surface area contributed by atoms with Crippen LogP contribution in [0.5, 0.6) is 0 Å². The Morgan fingerprint density at radius 3 is 2.67 bits per heavy atom. The Balaban J connectivity index is 1.66. The molecule has 0 amide bonds. The molecule has 2 aliphatic carbocycles. The number of allylic oxidation sites excluding steroid dienone is 6. The first-order valence-corrected chi connectivity index (χ1v) is 10.4. The number of nitrogens with zero attached hydrogens (tertiary/aromatic N) is 1. The number of nitro groups is 1. The SMILES string of the molecule is CCC1(C)C2=C(C=CC(CC(=N)c3ccccc3C)=CC2)c2ccc([N+](=O)[O-])cc21. The van der Waals surface area contributed by atoms with Crippen LogP contribution in [-0.4, -0.2) is 10.6 Å². The quantitative estimate of drug-likeness (QED) is 0.347. The van der Waals surface area contributed by atoms with E-state index in [0.717, 1.165) is 40.7 Å². The summed E-state index contributed by atoms with van der Waals surface area (Å²) in [6, 6.07) is 13.3. The van der Waals surface area contributed by atoms with Crippen molar-refractivity contribution >= 4 is 17.0 Å². The molecule has 0 radical (unpaired) electrons. The number of aryl methyl sites for hydroxylation is 1. The van der Waals surface area contributed by atoms with Gasteiger partial charge in [0.25, 0.3) is 5.69 Å². The zero-order valence-electron chi connectivity index (χ0n) is 17.7. The highest BCUT2D eigenvalue weighted by molar-refractivity contribution is 6.01. The molecule has 0 spiro atoms. The molecular formula is C26H26N2O2. The van der Waals surface area contributed by atoms with Gasteiger partial charge in [-0.2, -0.15) is 0 Å². The Kier molecular flexibility index (Phi) is 5.02. The molecule has 0 saturated heterocycles. The van der Waals surface area contributed by atoms with Gasteiger partial charge in [-0.1, -0.05) is 56.3 Å². The molecule has 0 saturated carbocycles. The molecular weight excluding hydrogens is 372 g/mol. The molecule has 4 nitrogen and oxygen atoms in total. The van der Waals surface area contributed by atoms with E-state index in [0.29, 0.717) is 12.1 Å². The van der Waals surface area contributed by atoms with E-state index >= 15 is 0 Å². The van der Waals surface area contributed by atoms with Crippen molar-refractivity contribution in [1.29, 1.82) is 5.41 Å². The second-order valence-electron chi connectivity index (χ2n) is 8.35. The van der Waals surface area contributed by atoms with Gasteiger partial charge in [0.05, 0.1) is 4.92 Å². The molecule has 0 bridgehead atoms. The lowest BCUT2D eigenvalue weighted by Gasteiger charge is -2.28. The van der Waals surface area contributed by atoms with Crippen LogP contribution in [-0.2, 0) is 5.41 Å². The van der Waals surface area contributed by atoms with Crippen LogP contribution in [0.25, 0.3) is 5.57 Å². The molecule has 0 aliphatic heterocycles. The predicted molar refractivity (Wildman–Crippen MR) is 122 cm³/mol. The molecule has 4 heteroatoms. The minimum atomic E-state index is -0.315. The summed E-state index contributed by atoms with van der Waals surface area (Å²) in [5.41, 5.74) is 8.46. The van der Waals surface area contributed by atoms with Crippen LogP contribution in [0, 0.1) is 22.4 Å². The Bertz CT molecular complexity index is 1150. The zero-order valence-corrected chi connectivity index (χ0v) is 17.7. The van der Waals surface area contributed by atoms with Gasteiger partial charge in [0.1, 0.15) is 0 Å². The number of nitrogens with one attached hydrogen (secondary N) is 1. The number of hydrogen-bond acceptors (Lipinski definition) is 3. The van der Waals surface area contributed by atoms with Gasteiger partial charge in [-0.05, 0) is 64.8 Å². The molecule has 0 heterocycles. The van der Waals surface area contributed by atoms with E-state index in [1.807, 2.05) is 37.3 Å². The van der Waals surface area contributed by atoms with Gasteiger partial charge in [-0.3, -0.25) is 10.1 Å². The lowest BCUT2D eigenvalue weighted by molar-refractivity contribution is -0.385. The number of benzene rings is 2. The summed E-state index contributed by atoms with van der Waals surface area (Å²) in [4.78, 5) is 11.0. The monoisotopic (exact) mass is 398 g/mol. The van der Waals surface area contributed by atoms with Gasteiger partial charge in [0, 0.05) is 29.7 Å². The molecule has 2 aromatic rings. The third-order valence-electron chi connectivity index (χ3n) is 6.68. The maximum absolute atomic E-state index is 11.3. The van der Waals surface area contributed by atoms with Crippen LogP contribution in [0.15, 0.2) is 71.8 Å². The minimum Gasteiger partial charge on any atom is -0.304 e. The lowest BCUT2D eigenvalue weighted by Crippen LogP contribution is -2.21. The fourth-order valence-corrected chi connectivity index (χ4v) is 4.72. The first-order chi connectivity index (χ1) is 14.3. The van der Waals surface area contributed by atoms with Gasteiger partial charge >= 0.3 is 0 Å². The number of fused-ring (bicyclic) bond motifs is 2. The molecule has 1 unspecified atom stereocenters. The molecule has 4 rings (SSSR count). The number of non-ortho nitro benzene ring substituents is 1. The first kappa shape index (κ1) is 20.0. The van der Waals surface area contributed by atoms with Crippen molar-refractivity contribution in [2.24, 2.45) is 0 Å². The molecule has 2 aromatic carbocycles. The Labute approximate surface area is 177 Å². The van der Waals surface area contributed by atoms with Gasteiger partial charge in [-0.15, -0.1) is 0 Å². The zero-order chi connectivity index (χ0) is 21.5. The topological polar surface area (TPSA) is 67.0 Å². The highest BCUT2D eigenvalue weighted by Crippen LogP contribution is 2.52. The van der Waals surface area contributed by atoms with E-state index in [1.165, 1.54) is 11.1 Å². The number of hydrogen-bond donors (Lipinski definition) is 1. The van der Waals surface area contributed by atoms with Crippen LogP contribution in [0.3, 0.4) is 0 Å². The highest BCUT2D eigenvalue weighted by atomic mass is 16.6. The molecule has 2 aliphatic rings. The second kappa shape index (κ2) is 7.52. The summed E-state index contributed by atoms with van der Waals surface area (Å²) in [5.74, 6) is 0. The average Bonchev–Trinajstić information content (AvgIpc) is 2.85. The number of nitro benzene ring substituents is 1. The molecule has 1 atom stereocenters. The second-order valence-corrected chi connectivity index (χ2v) is 8.35. The van der Waals surface area contributed by atoms with Crippen molar-refractivity contribution in [3.8, 4) is 0 Å². The van der Waals surface area contributed by atoms with Crippen molar-refractivity contribution < 1.29 is 4.92 Å².